The number of thiophene rings is 1. The summed E-state index contributed by atoms with van der Waals surface area (Å²) in [7, 11) is 0. The van der Waals surface area contributed by atoms with Gasteiger partial charge in [0.2, 0.25) is 5.91 Å². The van der Waals surface area contributed by atoms with E-state index in [4.69, 9.17) is 0 Å². The topological polar surface area (TPSA) is 40.6 Å². The van der Waals surface area contributed by atoms with Gasteiger partial charge in [0.25, 0.3) is 5.91 Å². The highest BCUT2D eigenvalue weighted by atomic mass is 32.1. The van der Waals surface area contributed by atoms with Crippen LogP contribution in [-0.4, -0.2) is 35.8 Å². The molecule has 5 heteroatoms. The fraction of sp³-hybridized carbons (Fsp3) is 0.667. The Hall–Kier alpha value is -1.36. The van der Waals surface area contributed by atoms with Crippen LogP contribution in [-0.2, 0) is 4.79 Å². The quantitative estimate of drug-likeness (QED) is 0.829. The second kappa shape index (κ2) is 6.27. The minimum atomic E-state index is 0.177. The zero-order chi connectivity index (χ0) is 15.8. The molecule has 2 saturated heterocycles. The average molecular weight is 332 g/mol. The van der Waals surface area contributed by atoms with Gasteiger partial charge in [0, 0.05) is 30.9 Å². The first kappa shape index (κ1) is 15.2. The molecule has 23 heavy (non-hydrogen) atoms. The summed E-state index contributed by atoms with van der Waals surface area (Å²) in [5, 5.41) is 2.88. The van der Waals surface area contributed by atoms with Crippen LogP contribution in [0.25, 0.3) is 0 Å². The maximum absolute atomic E-state index is 13.0. The van der Waals surface area contributed by atoms with Gasteiger partial charge in [-0.05, 0) is 44.1 Å². The molecule has 3 fully saturated rings. The van der Waals surface area contributed by atoms with Crippen molar-refractivity contribution in [3.05, 3.63) is 17.0 Å². The highest BCUT2D eigenvalue weighted by molar-refractivity contribution is 7.14. The Morgan fingerprint density at radius 3 is 2.74 bits per heavy atom. The number of piperidine rings is 1. The van der Waals surface area contributed by atoms with Crippen molar-refractivity contribution in [1.82, 2.24) is 4.90 Å². The second-order valence-electron chi connectivity index (χ2n) is 7.08. The molecule has 2 aliphatic heterocycles. The van der Waals surface area contributed by atoms with Crippen LogP contribution in [0.2, 0.25) is 0 Å². The predicted octanol–water partition coefficient (Wildman–Crippen LogP) is 3.67. The lowest BCUT2D eigenvalue weighted by Gasteiger charge is -2.44. The van der Waals surface area contributed by atoms with E-state index in [2.05, 4.69) is 4.90 Å². The molecule has 4 nitrogen and oxygen atoms in total. The highest BCUT2D eigenvalue weighted by Crippen LogP contribution is 2.37. The van der Waals surface area contributed by atoms with Crippen LogP contribution >= 0.6 is 11.3 Å². The minimum absolute atomic E-state index is 0.177. The number of likely N-dealkylation sites (tertiary alicyclic amines) is 1. The summed E-state index contributed by atoms with van der Waals surface area (Å²) in [5.41, 5.74) is 0.774. The van der Waals surface area contributed by atoms with E-state index in [1.165, 1.54) is 37.0 Å². The van der Waals surface area contributed by atoms with Crippen LogP contribution in [0.15, 0.2) is 11.4 Å². The van der Waals surface area contributed by atoms with Gasteiger partial charge in [0.1, 0.15) is 0 Å². The van der Waals surface area contributed by atoms with Gasteiger partial charge in [-0.2, -0.15) is 0 Å². The molecule has 2 atom stereocenters. The SMILES string of the molecule is O=C1CCCN1c1cc(C(=O)N2CCCC3CCCCC32)cs1. The average Bonchev–Trinajstić information content (AvgIpc) is 3.22. The van der Waals surface area contributed by atoms with Gasteiger partial charge < -0.3 is 9.80 Å². The van der Waals surface area contributed by atoms with Crippen molar-refractivity contribution in [3.8, 4) is 0 Å². The molecule has 1 saturated carbocycles. The van der Waals surface area contributed by atoms with E-state index in [9.17, 15) is 9.59 Å². The van der Waals surface area contributed by atoms with Crippen LogP contribution in [0.4, 0.5) is 5.00 Å². The molecule has 0 aromatic carbocycles. The number of rotatable bonds is 2. The lowest BCUT2D eigenvalue weighted by molar-refractivity contribution is -0.117. The van der Waals surface area contributed by atoms with Crippen LogP contribution in [0, 0.1) is 5.92 Å². The molecule has 0 bridgehead atoms. The van der Waals surface area contributed by atoms with Crippen LogP contribution < -0.4 is 4.90 Å². The van der Waals surface area contributed by atoms with Crippen LogP contribution in [0.5, 0.6) is 0 Å². The second-order valence-corrected chi connectivity index (χ2v) is 7.96. The van der Waals surface area contributed by atoms with Crippen molar-refractivity contribution in [2.24, 2.45) is 5.92 Å². The fourth-order valence-electron chi connectivity index (χ4n) is 4.50. The first-order valence-corrected chi connectivity index (χ1v) is 9.82. The largest absolute Gasteiger partial charge is 0.335 e. The Bertz CT molecular complexity index is 610. The molecule has 0 N–H and O–H groups in total. The molecule has 1 aliphatic carbocycles. The molecular weight excluding hydrogens is 308 g/mol. The van der Waals surface area contributed by atoms with Crippen LogP contribution in [0.1, 0.15) is 61.7 Å². The summed E-state index contributed by atoms with van der Waals surface area (Å²) in [5.74, 6) is 1.08. The number of nitrogens with zero attached hydrogens (tertiary/aromatic N) is 2. The molecule has 3 heterocycles. The van der Waals surface area contributed by atoms with E-state index in [1.54, 1.807) is 0 Å². The number of hydrogen-bond acceptors (Lipinski definition) is 3. The number of carbonyl (C=O) groups excluding carboxylic acids is 2. The summed E-state index contributed by atoms with van der Waals surface area (Å²) in [4.78, 5) is 28.8. The smallest absolute Gasteiger partial charge is 0.255 e. The molecule has 1 aromatic rings. The van der Waals surface area contributed by atoms with Crippen LogP contribution in [0.3, 0.4) is 0 Å². The van der Waals surface area contributed by atoms with Crippen molar-refractivity contribution in [2.75, 3.05) is 18.0 Å². The molecule has 0 spiro atoms. The van der Waals surface area contributed by atoms with Crippen molar-refractivity contribution >= 4 is 28.2 Å². The molecule has 0 radical (unpaired) electrons. The first-order valence-electron chi connectivity index (χ1n) is 8.94. The highest BCUT2D eigenvalue weighted by Gasteiger charge is 2.36. The van der Waals surface area contributed by atoms with Gasteiger partial charge in [0.05, 0.1) is 10.6 Å². The summed E-state index contributed by atoms with van der Waals surface area (Å²) < 4.78 is 0. The van der Waals surface area contributed by atoms with Gasteiger partial charge in [-0.15, -0.1) is 11.3 Å². The van der Waals surface area contributed by atoms with Crippen molar-refractivity contribution in [2.45, 2.75) is 57.4 Å². The molecule has 2 unspecified atom stereocenters. The zero-order valence-corrected chi connectivity index (χ0v) is 14.3. The molecule has 124 valence electrons. The Labute approximate surface area is 141 Å². The molecule has 3 aliphatic rings. The predicted molar refractivity (Wildman–Crippen MR) is 91.9 cm³/mol. The number of anilines is 1. The summed E-state index contributed by atoms with van der Waals surface area (Å²) in [6.07, 6.45) is 9.00. The van der Waals surface area contributed by atoms with Gasteiger partial charge in [0.15, 0.2) is 0 Å². The van der Waals surface area contributed by atoms with Crippen molar-refractivity contribution in [1.29, 1.82) is 0 Å². The summed E-state index contributed by atoms with van der Waals surface area (Å²) in [6, 6.07) is 2.38. The molecule has 2 amide bonds. The van der Waals surface area contributed by atoms with Gasteiger partial charge in [-0.3, -0.25) is 9.59 Å². The third-order valence-electron chi connectivity index (χ3n) is 5.68. The summed E-state index contributed by atoms with van der Waals surface area (Å²) in [6.45, 7) is 1.69. The summed E-state index contributed by atoms with van der Waals surface area (Å²) >= 11 is 1.53. The van der Waals surface area contributed by atoms with Gasteiger partial charge in [-0.1, -0.05) is 12.8 Å². The number of amides is 2. The normalized spacial score (nSPS) is 28.1. The lowest BCUT2D eigenvalue weighted by Crippen LogP contribution is -2.49. The Morgan fingerprint density at radius 2 is 1.91 bits per heavy atom. The molecule has 4 rings (SSSR count). The standard InChI is InChI=1S/C18H24N2O2S/c21-16-8-4-10-20(16)17-11-14(12-23-17)18(22)19-9-3-6-13-5-1-2-7-15(13)19/h11-13,15H,1-10H2. The number of hydrogen-bond donors (Lipinski definition) is 0. The lowest BCUT2D eigenvalue weighted by atomic mass is 9.78. The van der Waals surface area contributed by atoms with E-state index in [1.807, 2.05) is 16.3 Å². The van der Waals surface area contributed by atoms with E-state index in [0.717, 1.165) is 42.9 Å². The number of carbonyl (C=O) groups is 2. The van der Waals surface area contributed by atoms with E-state index < -0.39 is 0 Å². The Morgan fingerprint density at radius 1 is 1.09 bits per heavy atom. The molecule has 1 aromatic heterocycles. The maximum atomic E-state index is 13.0. The minimum Gasteiger partial charge on any atom is -0.335 e. The van der Waals surface area contributed by atoms with Crippen molar-refractivity contribution < 1.29 is 9.59 Å². The van der Waals surface area contributed by atoms with Gasteiger partial charge >= 0.3 is 0 Å². The molecular formula is C18H24N2O2S. The van der Waals surface area contributed by atoms with E-state index >= 15 is 0 Å². The Balaban J connectivity index is 1.52. The Kier molecular flexibility index (Phi) is 4.14. The van der Waals surface area contributed by atoms with E-state index in [-0.39, 0.29) is 11.8 Å². The fourth-order valence-corrected chi connectivity index (χ4v) is 5.43. The van der Waals surface area contributed by atoms with Crippen molar-refractivity contribution in [3.63, 3.8) is 0 Å². The third-order valence-corrected chi connectivity index (χ3v) is 6.63. The number of fused-ring (bicyclic) bond motifs is 1. The monoisotopic (exact) mass is 332 g/mol. The zero-order valence-electron chi connectivity index (χ0n) is 13.5. The maximum Gasteiger partial charge on any atom is 0.255 e. The van der Waals surface area contributed by atoms with E-state index in [0.29, 0.717) is 18.4 Å². The van der Waals surface area contributed by atoms with Gasteiger partial charge in [-0.25, -0.2) is 0 Å². The third kappa shape index (κ3) is 2.80. The first-order chi connectivity index (χ1) is 11.2.